The van der Waals surface area contributed by atoms with E-state index in [2.05, 4.69) is 5.32 Å². The van der Waals surface area contributed by atoms with Crippen LogP contribution in [0.4, 0.5) is 24.5 Å². The van der Waals surface area contributed by atoms with E-state index in [-0.39, 0.29) is 33.5 Å². The van der Waals surface area contributed by atoms with Crippen LogP contribution in [0, 0.1) is 24.4 Å². The Morgan fingerprint density at radius 1 is 1.18 bits per heavy atom. The molecule has 0 saturated carbocycles. The van der Waals surface area contributed by atoms with Crippen molar-refractivity contribution in [3.63, 3.8) is 0 Å². The number of hydrogen-bond acceptors (Lipinski definition) is 4. The van der Waals surface area contributed by atoms with Crippen molar-refractivity contribution in [3.05, 3.63) is 63.2 Å². The summed E-state index contributed by atoms with van der Waals surface area (Å²) in [7, 11) is 0. The molecule has 0 bridgehead atoms. The molecule has 4 N–H and O–H groups in total. The molecule has 9 heteroatoms. The van der Waals surface area contributed by atoms with Gasteiger partial charge in [0.05, 0.1) is 28.0 Å². The summed E-state index contributed by atoms with van der Waals surface area (Å²) in [5, 5.41) is 11.9. The van der Waals surface area contributed by atoms with Crippen LogP contribution < -0.4 is 16.5 Å². The molecule has 6 nitrogen and oxygen atoms in total. The van der Waals surface area contributed by atoms with E-state index in [1.165, 1.54) is 6.92 Å². The van der Waals surface area contributed by atoms with Gasteiger partial charge >= 0.3 is 5.97 Å². The second kappa shape index (κ2) is 6.91. The molecule has 28 heavy (non-hydrogen) atoms. The van der Waals surface area contributed by atoms with E-state index >= 15 is 0 Å². The largest absolute Gasteiger partial charge is 0.477 e. The number of aryl methyl sites for hydroxylation is 1. The number of nitrogens with zero attached hydrogens (tertiary/aromatic N) is 1. The quantitative estimate of drug-likeness (QED) is 0.592. The Balaban J connectivity index is 2.56. The molecule has 3 rings (SSSR count). The fourth-order valence-corrected chi connectivity index (χ4v) is 3.12. The van der Waals surface area contributed by atoms with Crippen LogP contribution in [0.5, 0.6) is 0 Å². The number of rotatable bonds is 4. The number of carbonyl (C=O) groups is 1. The molecule has 0 amide bonds. The van der Waals surface area contributed by atoms with Gasteiger partial charge < -0.3 is 20.7 Å². The Kier molecular flexibility index (Phi) is 4.76. The molecule has 0 radical (unpaired) electrons. The van der Waals surface area contributed by atoms with Gasteiger partial charge in [0.15, 0.2) is 0 Å². The van der Waals surface area contributed by atoms with E-state index in [4.69, 9.17) is 5.73 Å². The van der Waals surface area contributed by atoms with Crippen molar-refractivity contribution in [3.8, 4) is 5.69 Å². The highest BCUT2D eigenvalue weighted by atomic mass is 19.1. The van der Waals surface area contributed by atoms with Gasteiger partial charge in [-0.05, 0) is 31.5 Å². The zero-order valence-corrected chi connectivity index (χ0v) is 14.9. The molecule has 3 aromatic rings. The van der Waals surface area contributed by atoms with Crippen LogP contribution in [-0.4, -0.2) is 22.2 Å². The molecule has 0 fully saturated rings. The zero-order chi connectivity index (χ0) is 20.7. The van der Waals surface area contributed by atoms with Gasteiger partial charge in [0.25, 0.3) is 0 Å². The molecule has 0 saturated heterocycles. The maximum Gasteiger partial charge on any atom is 0.341 e. The van der Waals surface area contributed by atoms with Crippen molar-refractivity contribution in [2.75, 3.05) is 17.6 Å². The molecule has 0 aliphatic heterocycles. The number of pyridine rings is 1. The van der Waals surface area contributed by atoms with Crippen molar-refractivity contribution in [2.45, 2.75) is 13.8 Å². The first-order valence-electron chi connectivity index (χ1n) is 8.27. The number of anilines is 2. The first-order chi connectivity index (χ1) is 13.2. The first-order valence-corrected chi connectivity index (χ1v) is 8.27. The Hall–Kier alpha value is -3.49. The fourth-order valence-electron chi connectivity index (χ4n) is 3.12. The van der Waals surface area contributed by atoms with Gasteiger partial charge in [0, 0.05) is 18.8 Å². The van der Waals surface area contributed by atoms with Gasteiger partial charge in [-0.25, -0.2) is 18.0 Å². The SMILES string of the molecule is CCNc1c(F)cc2c(=O)c(C(=O)O)cn(-c3cc(N)c(F)cc3F)c2c1C. The predicted octanol–water partition coefficient (Wildman–Crippen LogP) is 3.43. The number of carboxylic acids is 1. The molecule has 1 aromatic heterocycles. The minimum atomic E-state index is -1.56. The standard InChI is InChI=1S/C19H16F3N3O3/c1-3-24-16-8(2)17-9(4-13(16)22)18(26)10(19(27)28)7-25(17)15-6-14(23)11(20)5-12(15)21/h4-7,24H,3,23H2,1-2H3,(H,27,28). The van der Waals surface area contributed by atoms with Crippen molar-refractivity contribution >= 4 is 28.2 Å². The van der Waals surface area contributed by atoms with E-state index in [0.29, 0.717) is 12.6 Å². The number of hydrogen-bond donors (Lipinski definition) is 3. The lowest BCUT2D eigenvalue weighted by molar-refractivity contribution is 0.0695. The maximum atomic E-state index is 14.5. The number of fused-ring (bicyclic) bond motifs is 1. The smallest absolute Gasteiger partial charge is 0.341 e. The summed E-state index contributed by atoms with van der Waals surface area (Å²) in [6.07, 6.45) is 0.920. The van der Waals surface area contributed by atoms with Gasteiger partial charge in [-0.1, -0.05) is 0 Å². The van der Waals surface area contributed by atoms with E-state index in [1.807, 2.05) is 0 Å². The summed E-state index contributed by atoms with van der Waals surface area (Å²) in [5.41, 5.74) is 3.71. The lowest BCUT2D eigenvalue weighted by atomic mass is 10.0. The van der Waals surface area contributed by atoms with E-state index in [1.54, 1.807) is 6.92 Å². The highest BCUT2D eigenvalue weighted by Crippen LogP contribution is 2.31. The number of nitrogens with two attached hydrogens (primary N) is 1. The molecule has 0 aliphatic rings. The summed E-state index contributed by atoms with van der Waals surface area (Å²) in [4.78, 5) is 24.1. The van der Waals surface area contributed by atoms with Crippen LogP contribution in [0.25, 0.3) is 16.6 Å². The third kappa shape index (κ3) is 2.94. The third-order valence-electron chi connectivity index (χ3n) is 4.39. The molecule has 2 aromatic carbocycles. The number of nitrogen functional groups attached to an aromatic ring is 1. The Bertz CT molecular complexity index is 1190. The Labute approximate surface area is 157 Å². The van der Waals surface area contributed by atoms with Crippen LogP contribution in [-0.2, 0) is 0 Å². The molecule has 146 valence electrons. The molecule has 0 spiro atoms. The average Bonchev–Trinajstić information content (AvgIpc) is 2.62. The van der Waals surface area contributed by atoms with Crippen LogP contribution in [0.1, 0.15) is 22.8 Å². The Morgan fingerprint density at radius 2 is 1.86 bits per heavy atom. The molecule has 1 heterocycles. The summed E-state index contributed by atoms with van der Waals surface area (Å²) >= 11 is 0. The number of aromatic carboxylic acids is 1. The van der Waals surface area contributed by atoms with Crippen LogP contribution in [0.2, 0.25) is 0 Å². The second-order valence-corrected chi connectivity index (χ2v) is 6.16. The van der Waals surface area contributed by atoms with E-state index < -0.39 is 34.4 Å². The summed E-state index contributed by atoms with van der Waals surface area (Å²) in [6.45, 7) is 3.62. The number of carboxylic acid groups (broad SMARTS) is 1. The van der Waals surface area contributed by atoms with Crippen molar-refractivity contribution in [2.24, 2.45) is 0 Å². The topological polar surface area (TPSA) is 97.4 Å². The Morgan fingerprint density at radius 3 is 2.46 bits per heavy atom. The molecule has 0 atom stereocenters. The first kappa shape index (κ1) is 19.3. The number of nitrogens with one attached hydrogen (secondary N) is 1. The van der Waals surface area contributed by atoms with Gasteiger partial charge in [0.2, 0.25) is 5.43 Å². The monoisotopic (exact) mass is 391 g/mol. The van der Waals surface area contributed by atoms with Gasteiger partial charge in [-0.2, -0.15) is 0 Å². The lowest BCUT2D eigenvalue weighted by Gasteiger charge is -2.18. The van der Waals surface area contributed by atoms with Crippen molar-refractivity contribution in [1.29, 1.82) is 0 Å². The van der Waals surface area contributed by atoms with Crippen molar-refractivity contribution in [1.82, 2.24) is 4.57 Å². The van der Waals surface area contributed by atoms with Crippen LogP contribution >= 0.6 is 0 Å². The van der Waals surface area contributed by atoms with Gasteiger partial charge in [0.1, 0.15) is 23.0 Å². The minimum absolute atomic E-state index is 0.0808. The van der Waals surface area contributed by atoms with Crippen LogP contribution in [0.3, 0.4) is 0 Å². The van der Waals surface area contributed by atoms with Crippen molar-refractivity contribution < 1.29 is 23.1 Å². The number of halogens is 3. The third-order valence-corrected chi connectivity index (χ3v) is 4.39. The lowest BCUT2D eigenvalue weighted by Crippen LogP contribution is -2.20. The number of aromatic nitrogens is 1. The predicted molar refractivity (Wildman–Crippen MR) is 99.7 cm³/mol. The van der Waals surface area contributed by atoms with E-state index in [0.717, 1.165) is 22.9 Å². The zero-order valence-electron chi connectivity index (χ0n) is 14.9. The second-order valence-electron chi connectivity index (χ2n) is 6.16. The minimum Gasteiger partial charge on any atom is -0.477 e. The number of benzene rings is 2. The molecule has 0 aliphatic carbocycles. The molecular weight excluding hydrogens is 375 g/mol. The van der Waals surface area contributed by atoms with Gasteiger partial charge in [-0.15, -0.1) is 0 Å². The normalized spacial score (nSPS) is 11.0. The highest BCUT2D eigenvalue weighted by molar-refractivity contribution is 5.96. The van der Waals surface area contributed by atoms with Crippen LogP contribution in [0.15, 0.2) is 29.2 Å². The highest BCUT2D eigenvalue weighted by Gasteiger charge is 2.22. The van der Waals surface area contributed by atoms with E-state index in [9.17, 15) is 27.9 Å². The maximum absolute atomic E-state index is 14.5. The fraction of sp³-hybridized carbons (Fsp3) is 0.158. The summed E-state index contributed by atoms with van der Waals surface area (Å²) in [6, 6.07) is 2.44. The van der Waals surface area contributed by atoms with Gasteiger partial charge in [-0.3, -0.25) is 4.79 Å². The molecular formula is C19H16F3N3O3. The average molecular weight is 391 g/mol. The summed E-state index contributed by atoms with van der Waals surface area (Å²) < 4.78 is 43.7. The molecule has 0 unspecified atom stereocenters. The summed E-state index contributed by atoms with van der Waals surface area (Å²) in [5.74, 6) is -4.33.